The zero-order valence-electron chi connectivity index (χ0n) is 16.3. The van der Waals surface area contributed by atoms with Gasteiger partial charge in [0.25, 0.3) is 5.91 Å². The van der Waals surface area contributed by atoms with Crippen LogP contribution in [0.5, 0.6) is 5.75 Å². The third-order valence-electron chi connectivity index (χ3n) is 4.31. The summed E-state index contributed by atoms with van der Waals surface area (Å²) in [5, 5.41) is 3.13. The van der Waals surface area contributed by atoms with E-state index in [1.807, 2.05) is 0 Å². The number of carbonyl (C=O) groups excluding carboxylic acids is 2. The number of rotatable bonds is 6. The highest BCUT2D eigenvalue weighted by Gasteiger charge is 2.18. The molecule has 1 amide bonds. The predicted molar refractivity (Wildman–Crippen MR) is 106 cm³/mol. The molecule has 0 aliphatic carbocycles. The van der Waals surface area contributed by atoms with Crippen LogP contribution in [0.15, 0.2) is 45.7 Å². The Kier molecular flexibility index (Phi) is 5.92. The number of nitrogens with one attached hydrogen (secondary N) is 1. The third kappa shape index (κ3) is 4.26. The molecule has 8 heteroatoms. The molecule has 0 aliphatic heterocycles. The second-order valence-corrected chi connectivity index (χ2v) is 6.23. The summed E-state index contributed by atoms with van der Waals surface area (Å²) in [5.74, 6) is -0.556. The molecule has 29 heavy (non-hydrogen) atoms. The molecule has 0 radical (unpaired) electrons. The molecule has 0 unspecified atom stereocenters. The number of esters is 1. The summed E-state index contributed by atoms with van der Waals surface area (Å²) in [6.07, 6.45) is 1.77. The van der Waals surface area contributed by atoms with E-state index in [0.717, 1.165) is 0 Å². The minimum Gasteiger partial charge on any atom is -0.495 e. The largest absolute Gasteiger partial charge is 0.495 e. The number of para-hydroxylation sites is 2. The molecule has 1 N–H and O–H groups in total. The number of hydrogen-bond acceptors (Lipinski definition) is 7. The molecule has 3 aromatic rings. The Labute approximate surface area is 166 Å². The predicted octanol–water partition coefficient (Wildman–Crippen LogP) is 3.21. The van der Waals surface area contributed by atoms with Crippen LogP contribution < -0.4 is 15.7 Å². The molecule has 2 heterocycles. The van der Waals surface area contributed by atoms with E-state index in [0.29, 0.717) is 28.1 Å². The van der Waals surface area contributed by atoms with Crippen LogP contribution >= 0.6 is 0 Å². The molecule has 150 valence electrons. The van der Waals surface area contributed by atoms with E-state index in [1.165, 1.54) is 19.4 Å². The maximum Gasteiger partial charge on any atom is 0.349 e. The molecular formula is C21H20N2O6. The minimum atomic E-state index is -0.794. The Hall–Kier alpha value is -3.68. The van der Waals surface area contributed by atoms with E-state index in [-0.39, 0.29) is 30.1 Å². The zero-order valence-corrected chi connectivity index (χ0v) is 16.3. The fraction of sp³-hybridized carbons (Fsp3) is 0.238. The van der Waals surface area contributed by atoms with E-state index >= 15 is 0 Å². The number of pyridine rings is 1. The van der Waals surface area contributed by atoms with E-state index in [2.05, 4.69) is 10.3 Å². The molecule has 0 bridgehead atoms. The number of nitrogens with zero attached hydrogens (tertiary/aromatic N) is 1. The first-order chi connectivity index (χ1) is 13.9. The number of methoxy groups -OCH3 is 1. The highest BCUT2D eigenvalue weighted by atomic mass is 16.5. The molecular weight excluding hydrogens is 376 g/mol. The number of aryl methyl sites for hydroxylation is 1. The van der Waals surface area contributed by atoms with Gasteiger partial charge in [0.05, 0.1) is 18.5 Å². The number of benzene rings is 1. The molecule has 3 rings (SSSR count). The van der Waals surface area contributed by atoms with Crippen LogP contribution in [-0.4, -0.2) is 24.0 Å². The average Bonchev–Trinajstić information content (AvgIpc) is 2.73. The summed E-state index contributed by atoms with van der Waals surface area (Å²) in [6, 6.07) is 8.27. The first kappa shape index (κ1) is 20.1. The Morgan fingerprint density at radius 3 is 2.72 bits per heavy atom. The fourth-order valence-corrected chi connectivity index (χ4v) is 2.75. The second-order valence-electron chi connectivity index (χ2n) is 6.23. The normalized spacial score (nSPS) is 10.6. The van der Waals surface area contributed by atoms with Gasteiger partial charge in [0.15, 0.2) is 5.58 Å². The van der Waals surface area contributed by atoms with Crippen LogP contribution in [0.1, 0.15) is 35.0 Å². The summed E-state index contributed by atoms with van der Waals surface area (Å²) in [5.41, 5.74) is 0.702. The van der Waals surface area contributed by atoms with Crippen molar-refractivity contribution in [2.45, 2.75) is 26.9 Å². The molecule has 0 atom stereocenters. The summed E-state index contributed by atoms with van der Waals surface area (Å²) in [7, 11) is 1.48. The van der Waals surface area contributed by atoms with Crippen LogP contribution in [-0.2, 0) is 16.1 Å². The van der Waals surface area contributed by atoms with Crippen LogP contribution in [0.3, 0.4) is 0 Å². The Morgan fingerprint density at radius 1 is 1.24 bits per heavy atom. The highest BCUT2D eigenvalue weighted by Crippen LogP contribution is 2.25. The summed E-state index contributed by atoms with van der Waals surface area (Å²) < 4.78 is 15.7. The quantitative estimate of drug-likeness (QED) is 0.637. The lowest BCUT2D eigenvalue weighted by Gasteiger charge is -2.11. The minimum absolute atomic E-state index is 0.0439. The summed E-state index contributed by atoms with van der Waals surface area (Å²) >= 11 is 0. The fourth-order valence-electron chi connectivity index (χ4n) is 2.75. The number of aromatic nitrogens is 1. The van der Waals surface area contributed by atoms with Gasteiger partial charge < -0.3 is 19.2 Å². The van der Waals surface area contributed by atoms with Crippen molar-refractivity contribution >= 4 is 28.5 Å². The molecule has 0 saturated carbocycles. The summed E-state index contributed by atoms with van der Waals surface area (Å²) in [4.78, 5) is 40.8. The van der Waals surface area contributed by atoms with Crippen molar-refractivity contribution < 1.29 is 23.5 Å². The monoisotopic (exact) mass is 396 g/mol. The number of amides is 1. The smallest absolute Gasteiger partial charge is 0.349 e. The lowest BCUT2D eigenvalue weighted by Crippen LogP contribution is -2.21. The number of hydrogen-bond donors (Lipinski definition) is 1. The van der Waals surface area contributed by atoms with E-state index < -0.39 is 11.5 Å². The standard InChI is InChI=1S/C21H20N2O6/c1-4-18(24)28-11-13-10-22-12(2)19-14(13)9-15(21(26)29-19)20(25)23-16-7-5-6-8-17(16)27-3/h5-10H,4,11H2,1-3H3,(H,23,25). The van der Waals surface area contributed by atoms with Crippen molar-refractivity contribution in [1.29, 1.82) is 0 Å². The number of carbonyl (C=O) groups is 2. The Morgan fingerprint density at radius 2 is 2.00 bits per heavy atom. The maximum absolute atomic E-state index is 12.7. The molecule has 0 aliphatic rings. The second kappa shape index (κ2) is 8.55. The van der Waals surface area contributed by atoms with Gasteiger partial charge in [-0.25, -0.2) is 4.79 Å². The number of ether oxygens (including phenoxy) is 2. The van der Waals surface area contributed by atoms with Crippen LogP contribution in [0.25, 0.3) is 11.0 Å². The van der Waals surface area contributed by atoms with Gasteiger partial charge >= 0.3 is 11.6 Å². The first-order valence-electron chi connectivity index (χ1n) is 8.97. The maximum atomic E-state index is 12.7. The topological polar surface area (TPSA) is 108 Å². The lowest BCUT2D eigenvalue weighted by molar-refractivity contribution is -0.144. The van der Waals surface area contributed by atoms with E-state index in [1.54, 1.807) is 38.1 Å². The highest BCUT2D eigenvalue weighted by molar-refractivity contribution is 6.06. The van der Waals surface area contributed by atoms with Gasteiger partial charge in [0.2, 0.25) is 0 Å². The van der Waals surface area contributed by atoms with Gasteiger partial charge in [-0.05, 0) is 25.1 Å². The van der Waals surface area contributed by atoms with Gasteiger partial charge in [-0.3, -0.25) is 14.6 Å². The SMILES string of the molecule is CCC(=O)OCc1cnc(C)c2oc(=O)c(C(=O)Nc3ccccc3OC)cc12. The first-order valence-corrected chi connectivity index (χ1v) is 8.97. The van der Waals surface area contributed by atoms with Gasteiger partial charge in [0, 0.05) is 23.6 Å². The van der Waals surface area contributed by atoms with Gasteiger partial charge in [-0.15, -0.1) is 0 Å². The van der Waals surface area contributed by atoms with Crippen molar-refractivity contribution in [3.63, 3.8) is 0 Å². The van der Waals surface area contributed by atoms with Crippen LogP contribution in [0, 0.1) is 6.92 Å². The molecule has 0 saturated heterocycles. The molecule has 1 aromatic carbocycles. The summed E-state index contributed by atoms with van der Waals surface area (Å²) in [6.45, 7) is 3.33. The lowest BCUT2D eigenvalue weighted by atomic mass is 10.1. The molecule has 2 aromatic heterocycles. The average molecular weight is 396 g/mol. The number of fused-ring (bicyclic) bond motifs is 1. The van der Waals surface area contributed by atoms with Crippen molar-refractivity contribution in [2.75, 3.05) is 12.4 Å². The van der Waals surface area contributed by atoms with Crippen molar-refractivity contribution in [2.24, 2.45) is 0 Å². The van der Waals surface area contributed by atoms with Crippen LogP contribution in [0.4, 0.5) is 5.69 Å². The molecule has 0 spiro atoms. The van der Waals surface area contributed by atoms with Crippen molar-refractivity contribution in [3.05, 3.63) is 63.8 Å². The zero-order chi connectivity index (χ0) is 21.0. The molecule has 8 nitrogen and oxygen atoms in total. The Bertz CT molecular complexity index is 1140. The van der Waals surface area contributed by atoms with E-state index in [4.69, 9.17) is 13.9 Å². The Balaban J connectivity index is 2.01. The van der Waals surface area contributed by atoms with Gasteiger partial charge in [-0.1, -0.05) is 19.1 Å². The van der Waals surface area contributed by atoms with Crippen LogP contribution in [0.2, 0.25) is 0 Å². The number of anilines is 1. The van der Waals surface area contributed by atoms with Crippen molar-refractivity contribution in [1.82, 2.24) is 4.98 Å². The van der Waals surface area contributed by atoms with E-state index in [9.17, 15) is 14.4 Å². The van der Waals surface area contributed by atoms with Crippen molar-refractivity contribution in [3.8, 4) is 5.75 Å². The molecule has 0 fully saturated rings. The third-order valence-corrected chi connectivity index (χ3v) is 4.31. The van der Waals surface area contributed by atoms with Gasteiger partial charge in [-0.2, -0.15) is 0 Å². The van der Waals surface area contributed by atoms with Gasteiger partial charge in [0.1, 0.15) is 17.9 Å².